The van der Waals surface area contributed by atoms with Gasteiger partial charge in [0.2, 0.25) is 5.91 Å². The van der Waals surface area contributed by atoms with Crippen molar-refractivity contribution in [1.82, 2.24) is 5.32 Å². The number of amides is 1. The molecule has 0 aromatic heterocycles. The molecule has 0 radical (unpaired) electrons. The molecule has 1 aromatic carbocycles. The van der Waals surface area contributed by atoms with Crippen LogP contribution in [0.3, 0.4) is 0 Å². The zero-order valence-corrected chi connectivity index (χ0v) is 12.4. The van der Waals surface area contributed by atoms with Crippen molar-refractivity contribution in [3.63, 3.8) is 0 Å². The van der Waals surface area contributed by atoms with Crippen LogP contribution in [0, 0.1) is 0 Å². The number of carbonyl (C=O) groups excluding carboxylic acids is 1. The van der Waals surface area contributed by atoms with E-state index in [0.717, 1.165) is 32.2 Å². The minimum Gasteiger partial charge on any atom is -0.323 e. The van der Waals surface area contributed by atoms with E-state index in [1.807, 2.05) is 0 Å². The summed E-state index contributed by atoms with van der Waals surface area (Å²) in [7, 11) is 0. The van der Waals surface area contributed by atoms with Gasteiger partial charge in [-0.25, -0.2) is 0 Å². The predicted octanol–water partition coefficient (Wildman–Crippen LogP) is 3.85. The van der Waals surface area contributed by atoms with Gasteiger partial charge in [-0.3, -0.25) is 4.79 Å². The largest absolute Gasteiger partial charge is 0.323 e. The highest BCUT2D eigenvalue weighted by molar-refractivity contribution is 6.36. The number of hydrogen-bond donors (Lipinski definition) is 2. The predicted molar refractivity (Wildman–Crippen MR) is 80.0 cm³/mol. The van der Waals surface area contributed by atoms with Crippen molar-refractivity contribution in [2.24, 2.45) is 0 Å². The molecule has 1 amide bonds. The van der Waals surface area contributed by atoms with Crippen LogP contribution in [0.15, 0.2) is 18.2 Å². The summed E-state index contributed by atoms with van der Waals surface area (Å²) < 4.78 is 0. The highest BCUT2D eigenvalue weighted by Gasteiger charge is 2.40. The molecule has 2 rings (SSSR count). The maximum absolute atomic E-state index is 12.5. The third-order valence-corrected chi connectivity index (χ3v) is 4.08. The summed E-state index contributed by atoms with van der Waals surface area (Å²) in [5, 5.41) is 7.28. The molecule has 3 nitrogen and oxygen atoms in total. The van der Waals surface area contributed by atoms with Crippen molar-refractivity contribution in [2.45, 2.75) is 38.1 Å². The summed E-state index contributed by atoms with van der Waals surface area (Å²) in [6.45, 7) is 2.98. The fourth-order valence-electron chi connectivity index (χ4n) is 2.59. The first-order valence-corrected chi connectivity index (χ1v) is 7.34. The molecule has 2 N–H and O–H groups in total. The topological polar surface area (TPSA) is 41.1 Å². The van der Waals surface area contributed by atoms with Crippen molar-refractivity contribution in [3.8, 4) is 0 Å². The molecular weight excluding hydrogens is 283 g/mol. The van der Waals surface area contributed by atoms with Crippen molar-refractivity contribution in [2.75, 3.05) is 11.9 Å². The van der Waals surface area contributed by atoms with Crippen LogP contribution in [0.4, 0.5) is 5.69 Å². The van der Waals surface area contributed by atoms with Gasteiger partial charge in [0.15, 0.2) is 0 Å². The van der Waals surface area contributed by atoms with Gasteiger partial charge in [-0.05, 0) is 44.0 Å². The van der Waals surface area contributed by atoms with E-state index in [2.05, 4.69) is 17.6 Å². The van der Waals surface area contributed by atoms with Crippen LogP contribution in [0.1, 0.15) is 32.6 Å². The Bertz CT molecular complexity index is 471. The summed E-state index contributed by atoms with van der Waals surface area (Å²) >= 11 is 11.9. The first-order chi connectivity index (χ1) is 9.07. The molecule has 1 unspecified atom stereocenters. The van der Waals surface area contributed by atoms with Gasteiger partial charge in [0.25, 0.3) is 0 Å². The van der Waals surface area contributed by atoms with Crippen LogP contribution < -0.4 is 10.6 Å². The average molecular weight is 301 g/mol. The van der Waals surface area contributed by atoms with Gasteiger partial charge < -0.3 is 10.6 Å². The van der Waals surface area contributed by atoms with Crippen molar-refractivity contribution >= 4 is 34.8 Å². The maximum Gasteiger partial charge on any atom is 0.244 e. The summed E-state index contributed by atoms with van der Waals surface area (Å²) in [5.74, 6) is -0.00364. The molecule has 1 heterocycles. The smallest absolute Gasteiger partial charge is 0.244 e. The van der Waals surface area contributed by atoms with E-state index in [0.29, 0.717) is 15.7 Å². The van der Waals surface area contributed by atoms with Gasteiger partial charge in [-0.2, -0.15) is 0 Å². The Labute approximate surface area is 123 Å². The first kappa shape index (κ1) is 14.6. The lowest BCUT2D eigenvalue weighted by Gasteiger charge is -2.28. The SMILES string of the molecule is CCCC1(C(=O)Nc2ccc(Cl)cc2Cl)CCCN1. The maximum atomic E-state index is 12.5. The zero-order valence-electron chi connectivity index (χ0n) is 10.9. The molecule has 0 aliphatic carbocycles. The molecule has 0 spiro atoms. The third-order valence-electron chi connectivity index (χ3n) is 3.53. The molecule has 19 heavy (non-hydrogen) atoms. The first-order valence-electron chi connectivity index (χ1n) is 6.59. The molecule has 5 heteroatoms. The van der Waals surface area contributed by atoms with Crippen LogP contribution in [0.5, 0.6) is 0 Å². The Morgan fingerprint density at radius 2 is 2.26 bits per heavy atom. The van der Waals surface area contributed by atoms with Gasteiger partial charge in [-0.15, -0.1) is 0 Å². The summed E-state index contributed by atoms with van der Waals surface area (Å²) in [6, 6.07) is 5.09. The fraction of sp³-hybridized carbons (Fsp3) is 0.500. The lowest BCUT2D eigenvalue weighted by molar-refractivity contribution is -0.122. The van der Waals surface area contributed by atoms with Gasteiger partial charge in [0, 0.05) is 5.02 Å². The van der Waals surface area contributed by atoms with E-state index in [1.165, 1.54) is 0 Å². The van der Waals surface area contributed by atoms with Gasteiger partial charge in [0.05, 0.1) is 16.2 Å². The van der Waals surface area contributed by atoms with E-state index in [-0.39, 0.29) is 5.91 Å². The molecule has 104 valence electrons. The second-order valence-electron chi connectivity index (χ2n) is 4.94. The number of anilines is 1. The quantitative estimate of drug-likeness (QED) is 0.886. The Kier molecular flexibility index (Phi) is 4.71. The summed E-state index contributed by atoms with van der Waals surface area (Å²) in [6.07, 6.45) is 3.71. The van der Waals surface area contributed by atoms with Crippen LogP contribution >= 0.6 is 23.2 Å². The number of halogens is 2. The minimum absolute atomic E-state index is 0.00364. The molecule has 1 saturated heterocycles. The molecule has 0 bridgehead atoms. The molecule has 1 fully saturated rings. The van der Waals surface area contributed by atoms with Gasteiger partial charge in [0.1, 0.15) is 0 Å². The minimum atomic E-state index is -0.447. The fourth-order valence-corrected chi connectivity index (χ4v) is 3.04. The monoisotopic (exact) mass is 300 g/mol. The number of rotatable bonds is 4. The molecular formula is C14H18Cl2N2O. The summed E-state index contributed by atoms with van der Waals surface area (Å²) in [4.78, 5) is 12.5. The standard InChI is InChI=1S/C14H18Cl2N2O/c1-2-6-14(7-3-8-17-14)13(19)18-12-5-4-10(15)9-11(12)16/h4-5,9,17H,2-3,6-8H2,1H3,(H,18,19). The van der Waals surface area contributed by atoms with Gasteiger partial charge >= 0.3 is 0 Å². The summed E-state index contributed by atoms with van der Waals surface area (Å²) in [5.41, 5.74) is 0.165. The molecule has 1 atom stereocenters. The third kappa shape index (κ3) is 3.22. The Morgan fingerprint density at radius 3 is 2.84 bits per heavy atom. The van der Waals surface area contributed by atoms with Crippen molar-refractivity contribution in [1.29, 1.82) is 0 Å². The molecule has 1 aromatic rings. The number of carbonyl (C=O) groups is 1. The van der Waals surface area contributed by atoms with E-state index in [4.69, 9.17) is 23.2 Å². The highest BCUT2D eigenvalue weighted by atomic mass is 35.5. The van der Waals surface area contributed by atoms with E-state index in [1.54, 1.807) is 18.2 Å². The number of hydrogen-bond acceptors (Lipinski definition) is 2. The lowest BCUT2D eigenvalue weighted by Crippen LogP contribution is -2.50. The molecule has 1 aliphatic rings. The van der Waals surface area contributed by atoms with Crippen LogP contribution in [-0.2, 0) is 4.79 Å². The second-order valence-corrected chi connectivity index (χ2v) is 5.78. The van der Waals surface area contributed by atoms with E-state index < -0.39 is 5.54 Å². The Morgan fingerprint density at radius 1 is 1.47 bits per heavy atom. The lowest BCUT2D eigenvalue weighted by atomic mass is 9.91. The van der Waals surface area contributed by atoms with Crippen molar-refractivity contribution < 1.29 is 4.79 Å². The highest BCUT2D eigenvalue weighted by Crippen LogP contribution is 2.29. The average Bonchev–Trinajstić information content (AvgIpc) is 2.83. The van der Waals surface area contributed by atoms with Crippen molar-refractivity contribution in [3.05, 3.63) is 28.2 Å². The van der Waals surface area contributed by atoms with E-state index in [9.17, 15) is 4.79 Å². The Hall–Kier alpha value is -0.770. The second kappa shape index (κ2) is 6.12. The van der Waals surface area contributed by atoms with Crippen LogP contribution in [-0.4, -0.2) is 18.0 Å². The van der Waals surface area contributed by atoms with E-state index >= 15 is 0 Å². The molecule has 1 aliphatic heterocycles. The Balaban J connectivity index is 2.15. The zero-order chi connectivity index (χ0) is 13.9. The number of benzene rings is 1. The number of nitrogens with one attached hydrogen (secondary N) is 2. The van der Waals surface area contributed by atoms with Crippen LogP contribution in [0.25, 0.3) is 0 Å². The van der Waals surface area contributed by atoms with Gasteiger partial charge in [-0.1, -0.05) is 36.5 Å². The molecule has 0 saturated carbocycles. The van der Waals surface area contributed by atoms with Crippen LogP contribution in [0.2, 0.25) is 10.0 Å². The normalized spacial score (nSPS) is 22.5.